The summed E-state index contributed by atoms with van der Waals surface area (Å²) in [5.41, 5.74) is 1.36. The van der Waals surface area contributed by atoms with E-state index in [1.807, 2.05) is 24.3 Å². The second kappa shape index (κ2) is 5.53. The van der Waals surface area contributed by atoms with Gasteiger partial charge >= 0.3 is 0 Å². The number of halogens is 1. The first-order valence-electron chi connectivity index (χ1n) is 7.04. The maximum Gasteiger partial charge on any atom is 0.185 e. The van der Waals surface area contributed by atoms with Gasteiger partial charge in [-0.2, -0.15) is 4.52 Å². The van der Waals surface area contributed by atoms with Crippen LogP contribution in [-0.2, 0) is 6.54 Å². The number of anilines is 1. The van der Waals surface area contributed by atoms with E-state index in [0.29, 0.717) is 23.8 Å². The molecule has 3 aromatic heterocycles. The van der Waals surface area contributed by atoms with Crippen LogP contribution in [0.3, 0.4) is 0 Å². The fourth-order valence-electron chi connectivity index (χ4n) is 2.25. The van der Waals surface area contributed by atoms with Gasteiger partial charge in [-0.3, -0.25) is 0 Å². The largest absolute Gasteiger partial charge is 0.467 e. The van der Waals surface area contributed by atoms with Crippen molar-refractivity contribution in [3.8, 4) is 11.4 Å². The van der Waals surface area contributed by atoms with Crippen molar-refractivity contribution < 1.29 is 8.81 Å². The van der Waals surface area contributed by atoms with Crippen molar-refractivity contribution in [1.82, 2.24) is 19.8 Å². The minimum absolute atomic E-state index is 0.295. The van der Waals surface area contributed by atoms with Crippen molar-refractivity contribution >= 4 is 11.5 Å². The molecular weight excluding hydrogens is 297 g/mol. The summed E-state index contributed by atoms with van der Waals surface area (Å²) in [5.74, 6) is 1.74. The van der Waals surface area contributed by atoms with Gasteiger partial charge < -0.3 is 9.73 Å². The van der Waals surface area contributed by atoms with Gasteiger partial charge in [0.1, 0.15) is 17.4 Å². The zero-order valence-electron chi connectivity index (χ0n) is 12.0. The first kappa shape index (κ1) is 13.4. The van der Waals surface area contributed by atoms with E-state index in [-0.39, 0.29) is 5.82 Å². The van der Waals surface area contributed by atoms with Crippen LogP contribution < -0.4 is 5.32 Å². The highest BCUT2D eigenvalue weighted by atomic mass is 19.1. The van der Waals surface area contributed by atoms with Crippen LogP contribution in [0.4, 0.5) is 10.2 Å². The average molecular weight is 309 g/mol. The first-order chi connectivity index (χ1) is 11.3. The Balaban J connectivity index is 1.67. The normalized spacial score (nSPS) is 11.0. The van der Waals surface area contributed by atoms with Crippen LogP contribution >= 0.6 is 0 Å². The number of fused-ring (bicyclic) bond motifs is 1. The molecule has 4 rings (SSSR count). The van der Waals surface area contributed by atoms with E-state index in [2.05, 4.69) is 20.6 Å². The quantitative estimate of drug-likeness (QED) is 0.627. The lowest BCUT2D eigenvalue weighted by Gasteiger charge is -2.05. The van der Waals surface area contributed by atoms with E-state index in [4.69, 9.17) is 4.42 Å². The van der Waals surface area contributed by atoms with E-state index in [1.54, 1.807) is 22.9 Å². The third kappa shape index (κ3) is 2.64. The molecule has 114 valence electrons. The predicted molar refractivity (Wildman–Crippen MR) is 82.2 cm³/mol. The Hall–Kier alpha value is -3.22. The molecule has 1 aromatic carbocycles. The summed E-state index contributed by atoms with van der Waals surface area (Å²) in [6.07, 6.45) is 1.63. The molecule has 0 spiro atoms. The lowest BCUT2D eigenvalue weighted by atomic mass is 10.2. The summed E-state index contributed by atoms with van der Waals surface area (Å²) in [6.45, 7) is 0.527. The van der Waals surface area contributed by atoms with Crippen molar-refractivity contribution in [3.05, 3.63) is 66.4 Å². The highest BCUT2D eigenvalue weighted by molar-refractivity contribution is 5.59. The summed E-state index contributed by atoms with van der Waals surface area (Å²) in [6, 6.07) is 13.4. The topological polar surface area (TPSA) is 68.2 Å². The van der Waals surface area contributed by atoms with Crippen LogP contribution in [0.5, 0.6) is 0 Å². The van der Waals surface area contributed by atoms with Crippen LogP contribution in [-0.4, -0.2) is 19.8 Å². The molecule has 0 aliphatic carbocycles. The number of rotatable bonds is 4. The number of aromatic nitrogens is 4. The number of hydrogen-bond donors (Lipinski definition) is 1. The number of furan rings is 1. The van der Waals surface area contributed by atoms with Gasteiger partial charge in [0.15, 0.2) is 11.5 Å². The molecule has 0 saturated heterocycles. The van der Waals surface area contributed by atoms with Gasteiger partial charge in [0.2, 0.25) is 0 Å². The Morgan fingerprint density at radius 2 is 1.91 bits per heavy atom. The summed E-state index contributed by atoms with van der Waals surface area (Å²) < 4.78 is 20.0. The fraction of sp³-hybridized carbons (Fsp3) is 0.0625. The van der Waals surface area contributed by atoms with Crippen molar-refractivity contribution in [3.63, 3.8) is 0 Å². The lowest BCUT2D eigenvalue weighted by Crippen LogP contribution is -2.04. The molecule has 7 heteroatoms. The zero-order chi connectivity index (χ0) is 15.6. The molecule has 0 saturated carbocycles. The SMILES string of the molecule is Fc1ccc(-c2nnc3ccc(NCc4ccco4)nn23)cc1. The minimum Gasteiger partial charge on any atom is -0.467 e. The van der Waals surface area contributed by atoms with Gasteiger partial charge in [-0.1, -0.05) is 0 Å². The van der Waals surface area contributed by atoms with Crippen LogP contribution in [0.15, 0.2) is 59.2 Å². The van der Waals surface area contributed by atoms with E-state index in [1.165, 1.54) is 12.1 Å². The van der Waals surface area contributed by atoms with Gasteiger partial charge in [0.25, 0.3) is 0 Å². The number of nitrogens with one attached hydrogen (secondary N) is 1. The summed E-state index contributed by atoms with van der Waals surface area (Å²) in [4.78, 5) is 0. The van der Waals surface area contributed by atoms with Gasteiger partial charge in [0.05, 0.1) is 12.8 Å². The molecule has 0 bridgehead atoms. The van der Waals surface area contributed by atoms with Crippen LogP contribution in [0.25, 0.3) is 17.0 Å². The smallest absolute Gasteiger partial charge is 0.185 e. The zero-order valence-corrected chi connectivity index (χ0v) is 12.0. The molecular formula is C16H12FN5O. The van der Waals surface area contributed by atoms with Crippen molar-refractivity contribution in [1.29, 1.82) is 0 Å². The van der Waals surface area contributed by atoms with E-state index >= 15 is 0 Å². The summed E-state index contributed by atoms with van der Waals surface area (Å²) >= 11 is 0. The molecule has 23 heavy (non-hydrogen) atoms. The van der Waals surface area contributed by atoms with Crippen molar-refractivity contribution in [2.75, 3.05) is 5.32 Å². The molecule has 0 aliphatic heterocycles. The predicted octanol–water partition coefficient (Wildman–Crippen LogP) is 3.14. The summed E-state index contributed by atoms with van der Waals surface area (Å²) in [5, 5.41) is 15.9. The molecule has 0 amide bonds. The Morgan fingerprint density at radius 1 is 1.04 bits per heavy atom. The molecule has 0 atom stereocenters. The van der Waals surface area contributed by atoms with Gasteiger partial charge in [-0.25, -0.2) is 4.39 Å². The third-order valence-electron chi connectivity index (χ3n) is 3.39. The molecule has 4 aromatic rings. The van der Waals surface area contributed by atoms with Gasteiger partial charge in [-0.15, -0.1) is 15.3 Å². The monoisotopic (exact) mass is 309 g/mol. The summed E-state index contributed by atoms with van der Waals surface area (Å²) in [7, 11) is 0. The Labute approximate surface area is 130 Å². The molecule has 6 nitrogen and oxygen atoms in total. The van der Waals surface area contributed by atoms with Gasteiger partial charge in [0, 0.05) is 5.56 Å². The van der Waals surface area contributed by atoms with Crippen LogP contribution in [0, 0.1) is 5.82 Å². The van der Waals surface area contributed by atoms with Gasteiger partial charge in [-0.05, 0) is 48.5 Å². The molecule has 0 radical (unpaired) electrons. The average Bonchev–Trinajstić information content (AvgIpc) is 3.23. The van der Waals surface area contributed by atoms with Crippen molar-refractivity contribution in [2.45, 2.75) is 6.54 Å². The Bertz CT molecular complexity index is 931. The van der Waals surface area contributed by atoms with E-state index in [0.717, 1.165) is 11.3 Å². The lowest BCUT2D eigenvalue weighted by molar-refractivity contribution is 0.517. The number of hydrogen-bond acceptors (Lipinski definition) is 5. The van der Waals surface area contributed by atoms with E-state index < -0.39 is 0 Å². The molecule has 0 fully saturated rings. The van der Waals surface area contributed by atoms with Crippen LogP contribution in [0.1, 0.15) is 5.76 Å². The minimum atomic E-state index is -0.295. The maximum atomic E-state index is 13.1. The number of nitrogens with zero attached hydrogens (tertiary/aromatic N) is 4. The fourth-order valence-corrected chi connectivity index (χ4v) is 2.25. The second-order valence-corrected chi connectivity index (χ2v) is 4.95. The molecule has 3 heterocycles. The maximum absolute atomic E-state index is 13.1. The van der Waals surface area contributed by atoms with Crippen LogP contribution in [0.2, 0.25) is 0 Å². The van der Waals surface area contributed by atoms with Crippen molar-refractivity contribution in [2.24, 2.45) is 0 Å². The highest BCUT2D eigenvalue weighted by Crippen LogP contribution is 2.19. The first-order valence-corrected chi connectivity index (χ1v) is 7.04. The third-order valence-corrected chi connectivity index (χ3v) is 3.39. The second-order valence-electron chi connectivity index (χ2n) is 4.95. The Morgan fingerprint density at radius 3 is 2.70 bits per heavy atom. The standard InChI is InChI=1S/C16H12FN5O/c17-12-5-3-11(4-6-12)16-20-19-15-8-7-14(21-22(15)16)18-10-13-2-1-9-23-13/h1-9H,10H2,(H,18,21). The van der Waals surface area contributed by atoms with E-state index in [9.17, 15) is 4.39 Å². The number of benzene rings is 1. The Kier molecular flexibility index (Phi) is 3.23. The molecule has 0 unspecified atom stereocenters. The molecule has 1 N–H and O–H groups in total. The molecule has 0 aliphatic rings. The highest BCUT2D eigenvalue weighted by Gasteiger charge is 2.10.